The highest BCUT2D eigenvalue weighted by Gasteiger charge is 2.33. The van der Waals surface area contributed by atoms with Crippen LogP contribution in [0.15, 0.2) is 68.0 Å². The van der Waals surface area contributed by atoms with E-state index in [1.165, 1.54) is 18.3 Å². The number of carbonyl (C=O) groups excluding carboxylic acids is 2. The van der Waals surface area contributed by atoms with Gasteiger partial charge in [0.1, 0.15) is 5.75 Å². The molecular formula is C28H27BrN2O5S. The molecule has 0 saturated carbocycles. The molecule has 37 heavy (non-hydrogen) atoms. The average molecular weight is 584 g/mol. The third kappa shape index (κ3) is 5.52. The van der Waals surface area contributed by atoms with E-state index in [1.54, 1.807) is 42.7 Å². The van der Waals surface area contributed by atoms with Crippen LogP contribution in [0, 0.1) is 0 Å². The SMILES string of the molecule is CCOC(=O)C1=C(C)N=c2s/c(=C\c3cc(Br)ccc3OC(C)=O)c(=O)n2[C@@H]1c1ccc(C(C)C)cc1. The molecule has 0 unspecified atom stereocenters. The minimum atomic E-state index is -0.686. The summed E-state index contributed by atoms with van der Waals surface area (Å²) in [6.45, 7) is 9.25. The van der Waals surface area contributed by atoms with Crippen molar-refractivity contribution in [3.8, 4) is 5.75 Å². The van der Waals surface area contributed by atoms with Crippen molar-refractivity contribution in [3.63, 3.8) is 0 Å². The van der Waals surface area contributed by atoms with E-state index < -0.39 is 18.0 Å². The molecule has 3 aromatic rings. The van der Waals surface area contributed by atoms with Gasteiger partial charge in [0.25, 0.3) is 5.56 Å². The summed E-state index contributed by atoms with van der Waals surface area (Å²) in [5, 5.41) is 0. The molecule has 0 saturated heterocycles. The van der Waals surface area contributed by atoms with Gasteiger partial charge in [0.05, 0.1) is 28.5 Å². The number of ether oxygens (including phenoxy) is 2. The maximum absolute atomic E-state index is 13.8. The molecule has 1 atom stereocenters. The van der Waals surface area contributed by atoms with Gasteiger partial charge in [-0.25, -0.2) is 9.79 Å². The Balaban J connectivity index is 1.94. The quantitative estimate of drug-likeness (QED) is 0.313. The van der Waals surface area contributed by atoms with Crippen LogP contribution in [0.25, 0.3) is 6.08 Å². The Hall–Kier alpha value is -3.30. The molecule has 0 radical (unpaired) electrons. The third-order valence-electron chi connectivity index (χ3n) is 5.95. The van der Waals surface area contributed by atoms with Crippen LogP contribution in [-0.4, -0.2) is 23.1 Å². The fourth-order valence-corrected chi connectivity index (χ4v) is 5.61. The number of nitrogens with zero attached hydrogens (tertiary/aromatic N) is 2. The summed E-state index contributed by atoms with van der Waals surface area (Å²) < 4.78 is 13.4. The molecule has 2 heterocycles. The fourth-order valence-electron chi connectivity index (χ4n) is 4.19. The Morgan fingerprint density at radius 3 is 2.51 bits per heavy atom. The van der Waals surface area contributed by atoms with Crippen molar-refractivity contribution >= 4 is 45.3 Å². The summed E-state index contributed by atoms with van der Waals surface area (Å²) in [6.07, 6.45) is 1.68. The van der Waals surface area contributed by atoms with Gasteiger partial charge < -0.3 is 9.47 Å². The van der Waals surface area contributed by atoms with E-state index in [0.29, 0.717) is 37.8 Å². The van der Waals surface area contributed by atoms with Crippen molar-refractivity contribution in [2.45, 2.75) is 46.6 Å². The van der Waals surface area contributed by atoms with Gasteiger partial charge in [0, 0.05) is 17.0 Å². The number of benzene rings is 2. The molecule has 4 rings (SSSR count). The minimum Gasteiger partial charge on any atom is -0.463 e. The number of hydrogen-bond donors (Lipinski definition) is 0. The van der Waals surface area contributed by atoms with E-state index in [2.05, 4.69) is 34.8 Å². The lowest BCUT2D eigenvalue weighted by molar-refractivity contribution is -0.139. The molecule has 0 N–H and O–H groups in total. The Kier molecular flexibility index (Phi) is 7.94. The van der Waals surface area contributed by atoms with E-state index in [4.69, 9.17) is 9.47 Å². The molecule has 0 amide bonds. The second-order valence-electron chi connectivity index (χ2n) is 8.90. The molecule has 7 nitrogen and oxygen atoms in total. The molecule has 2 aromatic carbocycles. The van der Waals surface area contributed by atoms with Gasteiger partial charge in [-0.15, -0.1) is 0 Å². The van der Waals surface area contributed by atoms with Crippen molar-refractivity contribution < 1.29 is 19.1 Å². The monoisotopic (exact) mass is 582 g/mol. The molecule has 1 aromatic heterocycles. The summed E-state index contributed by atoms with van der Waals surface area (Å²) in [5.41, 5.74) is 3.05. The summed E-state index contributed by atoms with van der Waals surface area (Å²) in [4.78, 5) is 43.6. The Morgan fingerprint density at radius 1 is 1.19 bits per heavy atom. The maximum Gasteiger partial charge on any atom is 0.338 e. The highest BCUT2D eigenvalue weighted by Crippen LogP contribution is 2.31. The number of aromatic nitrogens is 1. The lowest BCUT2D eigenvalue weighted by Crippen LogP contribution is -2.40. The van der Waals surface area contributed by atoms with Crippen LogP contribution in [0.5, 0.6) is 5.75 Å². The van der Waals surface area contributed by atoms with Gasteiger partial charge in [-0.1, -0.05) is 65.4 Å². The van der Waals surface area contributed by atoms with E-state index >= 15 is 0 Å². The lowest BCUT2D eigenvalue weighted by atomic mass is 9.93. The van der Waals surface area contributed by atoms with Crippen LogP contribution in [0.3, 0.4) is 0 Å². The number of carbonyl (C=O) groups is 2. The van der Waals surface area contributed by atoms with Crippen LogP contribution in [0.1, 0.15) is 63.3 Å². The zero-order valence-corrected chi connectivity index (χ0v) is 23.6. The van der Waals surface area contributed by atoms with Crippen LogP contribution in [0.2, 0.25) is 0 Å². The van der Waals surface area contributed by atoms with E-state index in [-0.39, 0.29) is 12.2 Å². The van der Waals surface area contributed by atoms with Crippen molar-refractivity contribution in [2.75, 3.05) is 6.61 Å². The van der Waals surface area contributed by atoms with Crippen molar-refractivity contribution in [1.82, 2.24) is 4.57 Å². The standard InChI is InChI=1S/C28H27BrN2O5S/c1-6-35-27(34)24-16(4)30-28-31(25(24)19-9-7-18(8-10-19)15(2)3)26(33)23(37-28)14-20-13-21(29)11-12-22(20)36-17(5)32/h7-15,25H,6H2,1-5H3/b23-14-/t25-/m1/s1. The molecule has 192 valence electrons. The number of allylic oxidation sites excluding steroid dienone is 1. The highest BCUT2D eigenvalue weighted by atomic mass is 79.9. The fraction of sp³-hybridized carbons (Fsp3) is 0.286. The first kappa shape index (κ1) is 26.8. The zero-order chi connectivity index (χ0) is 26.9. The van der Waals surface area contributed by atoms with E-state index in [9.17, 15) is 14.4 Å². The third-order valence-corrected chi connectivity index (χ3v) is 7.42. The topological polar surface area (TPSA) is 87.0 Å². The van der Waals surface area contributed by atoms with Gasteiger partial charge in [0.15, 0.2) is 4.80 Å². The first-order chi connectivity index (χ1) is 17.6. The summed E-state index contributed by atoms with van der Waals surface area (Å²) >= 11 is 4.65. The largest absolute Gasteiger partial charge is 0.463 e. The first-order valence-corrected chi connectivity index (χ1v) is 13.5. The van der Waals surface area contributed by atoms with Crippen molar-refractivity contribution in [1.29, 1.82) is 0 Å². The molecule has 0 bridgehead atoms. The van der Waals surface area contributed by atoms with E-state index in [1.807, 2.05) is 24.3 Å². The average Bonchev–Trinajstić information content (AvgIpc) is 3.14. The van der Waals surface area contributed by atoms with Gasteiger partial charge in [-0.05, 0) is 55.2 Å². The lowest BCUT2D eigenvalue weighted by Gasteiger charge is -2.25. The second kappa shape index (κ2) is 11.0. The number of halogens is 1. The number of esters is 2. The second-order valence-corrected chi connectivity index (χ2v) is 10.8. The van der Waals surface area contributed by atoms with Crippen LogP contribution in [-0.2, 0) is 14.3 Å². The van der Waals surface area contributed by atoms with Gasteiger partial charge in [0.2, 0.25) is 0 Å². The van der Waals surface area contributed by atoms with Crippen LogP contribution < -0.4 is 19.6 Å². The molecule has 0 spiro atoms. The van der Waals surface area contributed by atoms with Crippen LogP contribution in [0.4, 0.5) is 0 Å². The molecule has 0 fully saturated rings. The number of fused-ring (bicyclic) bond motifs is 1. The molecule has 9 heteroatoms. The Bertz CT molecular complexity index is 1580. The smallest absolute Gasteiger partial charge is 0.338 e. The normalized spacial score (nSPS) is 15.4. The predicted molar refractivity (Wildman–Crippen MR) is 146 cm³/mol. The van der Waals surface area contributed by atoms with Gasteiger partial charge in [-0.3, -0.25) is 14.2 Å². The zero-order valence-electron chi connectivity index (χ0n) is 21.2. The highest BCUT2D eigenvalue weighted by molar-refractivity contribution is 9.10. The maximum atomic E-state index is 13.8. The van der Waals surface area contributed by atoms with E-state index in [0.717, 1.165) is 15.6 Å². The molecular weight excluding hydrogens is 556 g/mol. The molecule has 1 aliphatic heterocycles. The summed E-state index contributed by atoms with van der Waals surface area (Å²) in [6, 6.07) is 12.4. The van der Waals surface area contributed by atoms with Crippen molar-refractivity contribution in [2.24, 2.45) is 4.99 Å². The summed E-state index contributed by atoms with van der Waals surface area (Å²) in [7, 11) is 0. The van der Waals surface area contributed by atoms with Crippen molar-refractivity contribution in [3.05, 3.63) is 94.6 Å². The predicted octanol–water partition coefficient (Wildman–Crippen LogP) is 4.61. The molecule has 0 aliphatic carbocycles. The number of thiazole rings is 1. The first-order valence-electron chi connectivity index (χ1n) is 11.9. The van der Waals surface area contributed by atoms with Gasteiger partial charge in [-0.2, -0.15) is 0 Å². The number of hydrogen-bond acceptors (Lipinski definition) is 7. The van der Waals surface area contributed by atoms with Crippen LogP contribution >= 0.6 is 27.3 Å². The Labute approximate surface area is 226 Å². The molecule has 1 aliphatic rings. The minimum absolute atomic E-state index is 0.209. The summed E-state index contributed by atoms with van der Waals surface area (Å²) in [5.74, 6) is -0.279. The Morgan fingerprint density at radius 2 is 1.89 bits per heavy atom. The number of rotatable bonds is 6. The van der Waals surface area contributed by atoms with Gasteiger partial charge >= 0.3 is 11.9 Å².